The van der Waals surface area contributed by atoms with Gasteiger partial charge < -0.3 is 10.4 Å². The number of nitrogens with one attached hydrogen (secondary N) is 1. The van der Waals surface area contributed by atoms with Crippen LogP contribution in [-0.2, 0) is 6.54 Å². The zero-order valence-corrected chi connectivity index (χ0v) is 12.5. The van der Waals surface area contributed by atoms with Crippen LogP contribution in [0.25, 0.3) is 0 Å². The van der Waals surface area contributed by atoms with Gasteiger partial charge in [-0.25, -0.2) is 0 Å². The molecule has 0 spiro atoms. The molecule has 0 bridgehead atoms. The monoisotopic (exact) mass is 311 g/mol. The second-order valence-electron chi connectivity index (χ2n) is 5.35. The van der Waals surface area contributed by atoms with Gasteiger partial charge in [-0.3, -0.25) is 0 Å². The van der Waals surface area contributed by atoms with E-state index in [2.05, 4.69) is 28.2 Å². The standard InChI is InChI=1S/C15H22BrNO/c1-11(13-5-3-2-4-6-13)17-10-12-7-8-15(18)14(16)9-12/h7-9,11,13,17-18H,2-6,10H2,1H3/t11-/m1/s1. The van der Waals surface area contributed by atoms with Gasteiger partial charge in [0.2, 0.25) is 0 Å². The summed E-state index contributed by atoms with van der Waals surface area (Å²) in [4.78, 5) is 0. The third-order valence-electron chi connectivity index (χ3n) is 4.00. The SMILES string of the molecule is C[C@@H](NCc1ccc(O)c(Br)c1)C1CCCCC1. The Hall–Kier alpha value is -0.540. The van der Waals surface area contributed by atoms with E-state index >= 15 is 0 Å². The Morgan fingerprint density at radius 3 is 2.72 bits per heavy atom. The second kappa shape index (κ2) is 6.58. The molecule has 0 aliphatic heterocycles. The Morgan fingerprint density at radius 2 is 2.06 bits per heavy atom. The van der Waals surface area contributed by atoms with E-state index in [-0.39, 0.29) is 0 Å². The first kappa shape index (κ1) is 13.9. The second-order valence-corrected chi connectivity index (χ2v) is 6.21. The van der Waals surface area contributed by atoms with Crippen molar-refractivity contribution in [2.75, 3.05) is 0 Å². The minimum Gasteiger partial charge on any atom is -0.507 e. The maximum atomic E-state index is 9.46. The van der Waals surface area contributed by atoms with Crippen LogP contribution in [0.1, 0.15) is 44.6 Å². The van der Waals surface area contributed by atoms with Gasteiger partial charge in [-0.2, -0.15) is 0 Å². The van der Waals surface area contributed by atoms with E-state index in [0.717, 1.165) is 16.9 Å². The Kier molecular flexibility index (Phi) is 5.07. The first-order chi connectivity index (χ1) is 8.66. The molecule has 1 aliphatic rings. The largest absolute Gasteiger partial charge is 0.507 e. The number of aromatic hydroxyl groups is 1. The average molecular weight is 312 g/mol. The van der Waals surface area contributed by atoms with Crippen molar-refractivity contribution in [2.24, 2.45) is 5.92 Å². The van der Waals surface area contributed by atoms with Gasteiger partial charge in [0.05, 0.1) is 4.47 Å². The predicted molar refractivity (Wildman–Crippen MR) is 78.7 cm³/mol. The van der Waals surface area contributed by atoms with Crippen LogP contribution in [0.2, 0.25) is 0 Å². The highest BCUT2D eigenvalue weighted by Crippen LogP contribution is 2.27. The van der Waals surface area contributed by atoms with Crippen LogP contribution in [0, 0.1) is 5.92 Å². The van der Waals surface area contributed by atoms with Crippen LogP contribution in [0.5, 0.6) is 5.75 Å². The first-order valence-electron chi connectivity index (χ1n) is 6.87. The summed E-state index contributed by atoms with van der Waals surface area (Å²) in [5.41, 5.74) is 1.21. The molecule has 3 heteroatoms. The molecule has 1 aliphatic carbocycles. The summed E-state index contributed by atoms with van der Waals surface area (Å²) in [7, 11) is 0. The number of hydrogen-bond donors (Lipinski definition) is 2. The Labute approximate surface area is 118 Å². The number of phenolic OH excluding ortho intramolecular Hbond substituents is 1. The number of halogens is 1. The molecule has 0 saturated heterocycles. The van der Waals surface area contributed by atoms with Crippen molar-refractivity contribution in [1.82, 2.24) is 5.32 Å². The van der Waals surface area contributed by atoms with Crippen LogP contribution in [-0.4, -0.2) is 11.1 Å². The minimum atomic E-state index is 0.305. The first-order valence-corrected chi connectivity index (χ1v) is 7.67. The van der Waals surface area contributed by atoms with Gasteiger partial charge in [0, 0.05) is 12.6 Å². The van der Waals surface area contributed by atoms with E-state index < -0.39 is 0 Å². The number of hydrogen-bond acceptors (Lipinski definition) is 2. The van der Waals surface area contributed by atoms with Crippen molar-refractivity contribution >= 4 is 15.9 Å². The summed E-state index contributed by atoms with van der Waals surface area (Å²) < 4.78 is 0.770. The maximum absolute atomic E-state index is 9.46. The fraction of sp³-hybridized carbons (Fsp3) is 0.600. The lowest BCUT2D eigenvalue weighted by Crippen LogP contribution is -2.34. The highest BCUT2D eigenvalue weighted by molar-refractivity contribution is 9.10. The van der Waals surface area contributed by atoms with Crippen molar-refractivity contribution in [1.29, 1.82) is 0 Å². The Balaban J connectivity index is 1.84. The lowest BCUT2D eigenvalue weighted by molar-refractivity contribution is 0.280. The van der Waals surface area contributed by atoms with Gasteiger partial charge in [0.1, 0.15) is 5.75 Å². The molecule has 0 amide bonds. The topological polar surface area (TPSA) is 32.3 Å². The number of phenols is 1. The van der Waals surface area contributed by atoms with Crippen LogP contribution >= 0.6 is 15.9 Å². The molecule has 2 rings (SSSR count). The summed E-state index contributed by atoms with van der Waals surface area (Å²) in [6.45, 7) is 3.17. The zero-order valence-electron chi connectivity index (χ0n) is 11.0. The van der Waals surface area contributed by atoms with Crippen molar-refractivity contribution in [3.63, 3.8) is 0 Å². The van der Waals surface area contributed by atoms with E-state index in [1.54, 1.807) is 6.07 Å². The molecule has 18 heavy (non-hydrogen) atoms. The quantitative estimate of drug-likeness (QED) is 0.873. The van der Waals surface area contributed by atoms with Crippen LogP contribution < -0.4 is 5.32 Å². The third kappa shape index (κ3) is 3.72. The van der Waals surface area contributed by atoms with Gasteiger partial charge in [-0.1, -0.05) is 25.3 Å². The molecule has 100 valence electrons. The maximum Gasteiger partial charge on any atom is 0.129 e. The van der Waals surface area contributed by atoms with Crippen molar-refractivity contribution in [2.45, 2.75) is 51.6 Å². The molecule has 0 unspecified atom stereocenters. The van der Waals surface area contributed by atoms with Gasteiger partial charge >= 0.3 is 0 Å². The van der Waals surface area contributed by atoms with Crippen LogP contribution in [0.15, 0.2) is 22.7 Å². The highest BCUT2D eigenvalue weighted by Gasteiger charge is 2.19. The number of benzene rings is 1. The summed E-state index contributed by atoms with van der Waals surface area (Å²) in [5.74, 6) is 1.14. The predicted octanol–water partition coefficient (Wildman–Crippen LogP) is 4.21. The highest BCUT2D eigenvalue weighted by atomic mass is 79.9. The molecular formula is C15H22BrNO. The molecule has 1 aromatic rings. The van der Waals surface area contributed by atoms with Crippen molar-refractivity contribution < 1.29 is 5.11 Å². The van der Waals surface area contributed by atoms with E-state index in [0.29, 0.717) is 11.8 Å². The summed E-state index contributed by atoms with van der Waals surface area (Å²) in [5, 5.41) is 13.1. The molecule has 1 aromatic carbocycles. The molecule has 1 fully saturated rings. The van der Waals surface area contributed by atoms with E-state index in [1.165, 1.54) is 37.7 Å². The molecule has 0 radical (unpaired) electrons. The fourth-order valence-electron chi connectivity index (χ4n) is 2.74. The zero-order chi connectivity index (χ0) is 13.0. The summed E-state index contributed by atoms with van der Waals surface area (Å²) in [6, 6.07) is 6.28. The van der Waals surface area contributed by atoms with Crippen molar-refractivity contribution in [3.05, 3.63) is 28.2 Å². The van der Waals surface area contributed by atoms with E-state index in [9.17, 15) is 5.11 Å². The van der Waals surface area contributed by atoms with Crippen LogP contribution in [0.3, 0.4) is 0 Å². The lowest BCUT2D eigenvalue weighted by Gasteiger charge is -2.28. The average Bonchev–Trinajstić information content (AvgIpc) is 2.41. The van der Waals surface area contributed by atoms with E-state index in [1.807, 2.05) is 12.1 Å². The Bertz CT molecular complexity index is 388. The molecule has 0 aromatic heterocycles. The fourth-order valence-corrected chi connectivity index (χ4v) is 3.17. The smallest absolute Gasteiger partial charge is 0.129 e. The third-order valence-corrected chi connectivity index (χ3v) is 4.63. The van der Waals surface area contributed by atoms with Gasteiger partial charge in [-0.05, 0) is 59.3 Å². The molecular weight excluding hydrogens is 290 g/mol. The van der Waals surface area contributed by atoms with Crippen LogP contribution in [0.4, 0.5) is 0 Å². The van der Waals surface area contributed by atoms with Gasteiger partial charge in [0.25, 0.3) is 0 Å². The molecule has 2 N–H and O–H groups in total. The number of rotatable bonds is 4. The van der Waals surface area contributed by atoms with Gasteiger partial charge in [0.15, 0.2) is 0 Å². The molecule has 1 atom stereocenters. The van der Waals surface area contributed by atoms with Crippen molar-refractivity contribution in [3.8, 4) is 5.75 Å². The van der Waals surface area contributed by atoms with E-state index in [4.69, 9.17) is 0 Å². The van der Waals surface area contributed by atoms with Gasteiger partial charge in [-0.15, -0.1) is 0 Å². The normalized spacial score (nSPS) is 18.8. The Morgan fingerprint density at radius 1 is 1.33 bits per heavy atom. The minimum absolute atomic E-state index is 0.305. The molecule has 0 heterocycles. The molecule has 1 saturated carbocycles. The summed E-state index contributed by atoms with van der Waals surface area (Å²) in [6.07, 6.45) is 6.93. The lowest BCUT2D eigenvalue weighted by atomic mass is 9.84. The summed E-state index contributed by atoms with van der Waals surface area (Å²) >= 11 is 3.35. The molecule has 2 nitrogen and oxygen atoms in total.